The first-order chi connectivity index (χ1) is 11.0. The van der Waals surface area contributed by atoms with Gasteiger partial charge in [0.05, 0.1) is 11.8 Å². The summed E-state index contributed by atoms with van der Waals surface area (Å²) in [7, 11) is 0. The van der Waals surface area contributed by atoms with E-state index in [2.05, 4.69) is 13.8 Å². The number of carboxylic acids is 2. The average Bonchev–Trinajstić information content (AvgIpc) is 2.96. The van der Waals surface area contributed by atoms with Gasteiger partial charge in [-0.25, -0.2) is 0 Å². The molecular formula is C19H34O4. The fourth-order valence-electron chi connectivity index (χ4n) is 4.29. The summed E-state index contributed by atoms with van der Waals surface area (Å²) < 4.78 is 0. The first-order valence-electron chi connectivity index (χ1n) is 9.48. The van der Waals surface area contributed by atoms with Crippen molar-refractivity contribution in [3.63, 3.8) is 0 Å². The molecule has 4 nitrogen and oxygen atoms in total. The highest BCUT2D eigenvalue weighted by atomic mass is 16.4. The second-order valence-corrected chi connectivity index (χ2v) is 7.14. The van der Waals surface area contributed by atoms with Crippen LogP contribution in [0.25, 0.3) is 0 Å². The molecule has 0 saturated heterocycles. The Hall–Kier alpha value is -1.06. The Labute approximate surface area is 140 Å². The van der Waals surface area contributed by atoms with Gasteiger partial charge in [0.1, 0.15) is 0 Å². The lowest BCUT2D eigenvalue weighted by atomic mass is 9.74. The zero-order chi connectivity index (χ0) is 17.2. The van der Waals surface area contributed by atoms with Crippen molar-refractivity contribution in [2.24, 2.45) is 23.7 Å². The maximum atomic E-state index is 11.7. The molecule has 0 aromatic heterocycles. The van der Waals surface area contributed by atoms with Crippen LogP contribution in [0.5, 0.6) is 0 Å². The summed E-state index contributed by atoms with van der Waals surface area (Å²) in [6, 6.07) is 0. The van der Waals surface area contributed by atoms with Gasteiger partial charge in [0.15, 0.2) is 0 Å². The van der Waals surface area contributed by atoms with Crippen molar-refractivity contribution in [3.8, 4) is 0 Å². The molecule has 1 aliphatic carbocycles. The Morgan fingerprint density at radius 3 is 1.52 bits per heavy atom. The summed E-state index contributed by atoms with van der Waals surface area (Å²) in [5.41, 5.74) is 0. The van der Waals surface area contributed by atoms with Gasteiger partial charge >= 0.3 is 11.9 Å². The largest absolute Gasteiger partial charge is 0.481 e. The van der Waals surface area contributed by atoms with Gasteiger partial charge in [-0.1, -0.05) is 58.8 Å². The van der Waals surface area contributed by atoms with Crippen molar-refractivity contribution in [1.82, 2.24) is 0 Å². The van der Waals surface area contributed by atoms with Crippen LogP contribution in [0.15, 0.2) is 0 Å². The summed E-state index contributed by atoms with van der Waals surface area (Å²) in [5, 5.41) is 19.3. The molecule has 0 amide bonds. The van der Waals surface area contributed by atoms with E-state index < -0.39 is 11.9 Å². The molecule has 1 rings (SSSR count). The third-order valence-corrected chi connectivity index (χ3v) is 5.53. The molecule has 1 aliphatic rings. The lowest BCUT2D eigenvalue weighted by Gasteiger charge is -2.30. The standard InChI is InChI=1S/C19H34O4/c1-3-5-7-10-16(18(20)21)14-12-9-13-15(14)17(19(22)23)11-8-6-4-2/h14-17H,3-13H2,1-2H3,(H,20,21)(H,22,23). The van der Waals surface area contributed by atoms with E-state index in [9.17, 15) is 19.8 Å². The van der Waals surface area contributed by atoms with Crippen molar-refractivity contribution in [3.05, 3.63) is 0 Å². The number of hydrogen-bond acceptors (Lipinski definition) is 2. The fourth-order valence-corrected chi connectivity index (χ4v) is 4.29. The second kappa shape index (κ2) is 10.7. The predicted molar refractivity (Wildman–Crippen MR) is 91.4 cm³/mol. The molecule has 2 N–H and O–H groups in total. The highest BCUT2D eigenvalue weighted by Gasteiger charge is 2.42. The van der Waals surface area contributed by atoms with E-state index in [1.807, 2.05) is 0 Å². The molecule has 0 bridgehead atoms. The quantitative estimate of drug-likeness (QED) is 0.497. The van der Waals surface area contributed by atoms with Crippen molar-refractivity contribution in [2.75, 3.05) is 0 Å². The van der Waals surface area contributed by atoms with E-state index in [1.54, 1.807) is 0 Å². The molecule has 0 heterocycles. The maximum Gasteiger partial charge on any atom is 0.306 e. The average molecular weight is 326 g/mol. The first-order valence-corrected chi connectivity index (χ1v) is 9.48. The monoisotopic (exact) mass is 326 g/mol. The number of carbonyl (C=O) groups is 2. The van der Waals surface area contributed by atoms with Crippen LogP contribution in [0.1, 0.15) is 84.5 Å². The Bertz CT molecular complexity index is 332. The molecule has 0 spiro atoms. The number of hydrogen-bond donors (Lipinski definition) is 2. The Morgan fingerprint density at radius 1 is 0.826 bits per heavy atom. The molecule has 4 unspecified atom stereocenters. The Morgan fingerprint density at radius 2 is 1.22 bits per heavy atom. The summed E-state index contributed by atoms with van der Waals surface area (Å²) in [5.74, 6) is -2.07. The van der Waals surface area contributed by atoms with Crippen LogP contribution in [-0.4, -0.2) is 22.2 Å². The van der Waals surface area contributed by atoms with E-state index in [0.29, 0.717) is 12.8 Å². The van der Waals surface area contributed by atoms with E-state index in [-0.39, 0.29) is 23.7 Å². The van der Waals surface area contributed by atoms with Crippen LogP contribution < -0.4 is 0 Å². The second-order valence-electron chi connectivity index (χ2n) is 7.14. The lowest BCUT2D eigenvalue weighted by Crippen LogP contribution is -2.33. The van der Waals surface area contributed by atoms with Crippen LogP contribution in [0, 0.1) is 23.7 Å². The minimum atomic E-state index is -0.726. The summed E-state index contributed by atoms with van der Waals surface area (Å²) in [6.07, 6.45) is 10.3. The van der Waals surface area contributed by atoms with Crippen LogP contribution in [0.4, 0.5) is 0 Å². The van der Waals surface area contributed by atoms with E-state index in [4.69, 9.17) is 0 Å². The van der Waals surface area contributed by atoms with Gasteiger partial charge in [-0.15, -0.1) is 0 Å². The minimum absolute atomic E-state index is 0.0482. The lowest BCUT2D eigenvalue weighted by molar-refractivity contribution is -0.149. The normalized spacial score (nSPS) is 23.6. The number of aliphatic carboxylic acids is 2. The fraction of sp³-hybridized carbons (Fsp3) is 0.895. The Balaban J connectivity index is 2.77. The van der Waals surface area contributed by atoms with Crippen molar-refractivity contribution < 1.29 is 19.8 Å². The first kappa shape index (κ1) is 20.0. The predicted octanol–water partition coefficient (Wildman–Crippen LogP) is 4.96. The number of carboxylic acid groups (broad SMARTS) is 2. The van der Waals surface area contributed by atoms with Crippen LogP contribution in [0.2, 0.25) is 0 Å². The van der Waals surface area contributed by atoms with E-state index >= 15 is 0 Å². The van der Waals surface area contributed by atoms with Gasteiger partial charge in [0, 0.05) is 0 Å². The van der Waals surface area contributed by atoms with Gasteiger partial charge < -0.3 is 10.2 Å². The molecule has 134 valence electrons. The Kier molecular flexibility index (Phi) is 9.27. The van der Waals surface area contributed by atoms with Gasteiger partial charge in [-0.3, -0.25) is 9.59 Å². The van der Waals surface area contributed by atoms with Gasteiger partial charge in [0.25, 0.3) is 0 Å². The highest BCUT2D eigenvalue weighted by molar-refractivity contribution is 5.72. The SMILES string of the molecule is CCCCCC(C(=O)O)C1CCCC1C(CCCCC)C(=O)O. The number of unbranched alkanes of at least 4 members (excludes halogenated alkanes) is 4. The van der Waals surface area contributed by atoms with Crippen molar-refractivity contribution in [2.45, 2.75) is 84.5 Å². The maximum absolute atomic E-state index is 11.7. The molecule has 0 aromatic rings. The summed E-state index contributed by atoms with van der Waals surface area (Å²) in [4.78, 5) is 23.5. The molecule has 0 aromatic carbocycles. The molecule has 0 radical (unpaired) electrons. The third kappa shape index (κ3) is 6.15. The number of rotatable bonds is 12. The zero-order valence-corrected chi connectivity index (χ0v) is 14.8. The van der Waals surface area contributed by atoms with Crippen molar-refractivity contribution in [1.29, 1.82) is 0 Å². The molecule has 0 aliphatic heterocycles. The van der Waals surface area contributed by atoms with Gasteiger partial charge in [-0.2, -0.15) is 0 Å². The smallest absolute Gasteiger partial charge is 0.306 e. The molecular weight excluding hydrogens is 292 g/mol. The van der Waals surface area contributed by atoms with Gasteiger partial charge in [0.2, 0.25) is 0 Å². The van der Waals surface area contributed by atoms with Crippen LogP contribution >= 0.6 is 0 Å². The third-order valence-electron chi connectivity index (χ3n) is 5.53. The van der Waals surface area contributed by atoms with Crippen LogP contribution in [0.3, 0.4) is 0 Å². The highest BCUT2D eigenvalue weighted by Crippen LogP contribution is 2.44. The zero-order valence-electron chi connectivity index (χ0n) is 14.8. The molecule has 1 fully saturated rings. The summed E-state index contributed by atoms with van der Waals surface area (Å²) in [6.45, 7) is 4.23. The van der Waals surface area contributed by atoms with E-state index in [1.165, 1.54) is 0 Å². The molecule has 4 atom stereocenters. The molecule has 23 heavy (non-hydrogen) atoms. The van der Waals surface area contributed by atoms with Crippen LogP contribution in [-0.2, 0) is 9.59 Å². The molecule has 4 heteroatoms. The minimum Gasteiger partial charge on any atom is -0.481 e. The topological polar surface area (TPSA) is 74.6 Å². The molecule has 1 saturated carbocycles. The van der Waals surface area contributed by atoms with E-state index in [0.717, 1.165) is 57.8 Å². The summed E-state index contributed by atoms with van der Waals surface area (Å²) >= 11 is 0. The van der Waals surface area contributed by atoms with Crippen molar-refractivity contribution >= 4 is 11.9 Å². The van der Waals surface area contributed by atoms with Gasteiger partial charge in [-0.05, 0) is 37.5 Å².